The molecule has 0 aromatic carbocycles. The summed E-state index contributed by atoms with van der Waals surface area (Å²) < 4.78 is 33.9. The van der Waals surface area contributed by atoms with Crippen molar-refractivity contribution in [3.05, 3.63) is 10.4 Å². The molecule has 54 valence electrons. The van der Waals surface area contributed by atoms with Gasteiger partial charge in [-0.1, -0.05) is 6.92 Å². The van der Waals surface area contributed by atoms with Gasteiger partial charge in [0.2, 0.25) is 10.4 Å². The van der Waals surface area contributed by atoms with Crippen LogP contribution in [-0.4, -0.2) is 9.96 Å². The van der Waals surface area contributed by atoms with Crippen LogP contribution < -0.4 is 0 Å². The topological polar surface area (TPSA) is 17.1 Å². The van der Waals surface area contributed by atoms with Gasteiger partial charge in [-0.3, -0.25) is 4.21 Å². The van der Waals surface area contributed by atoms with Crippen molar-refractivity contribution in [2.75, 3.05) is 5.75 Å². The molecular weight excluding hydrogens is 170 g/mol. The number of hydrogen-bond donors (Lipinski definition) is 0. The third-order valence-corrected chi connectivity index (χ3v) is 1.99. The highest BCUT2D eigenvalue weighted by Gasteiger charge is 2.08. The summed E-state index contributed by atoms with van der Waals surface area (Å²) in [7, 11) is -1.90. The van der Waals surface area contributed by atoms with Crippen LogP contribution >= 0.6 is 11.6 Å². The summed E-state index contributed by atoms with van der Waals surface area (Å²) in [6.07, 6.45) is 0. The molecule has 0 N–H and O–H groups in total. The summed E-state index contributed by atoms with van der Waals surface area (Å²) in [6, 6.07) is 0. The third-order valence-electron chi connectivity index (χ3n) is 0.611. The number of halogens is 3. The molecular formula is C4H5ClF2OS. The Morgan fingerprint density at radius 1 is 1.67 bits per heavy atom. The zero-order valence-corrected chi connectivity index (χ0v) is 6.23. The molecule has 0 radical (unpaired) electrons. The normalized spacial score (nSPS) is 16.9. The first kappa shape index (κ1) is 9.04. The minimum atomic E-state index is -1.90. The van der Waals surface area contributed by atoms with Crippen LogP contribution in [0.4, 0.5) is 8.78 Å². The zero-order chi connectivity index (χ0) is 7.44. The minimum Gasteiger partial charge on any atom is -0.252 e. The van der Waals surface area contributed by atoms with E-state index in [4.69, 9.17) is 0 Å². The van der Waals surface area contributed by atoms with Crippen molar-refractivity contribution in [1.82, 2.24) is 0 Å². The van der Waals surface area contributed by atoms with E-state index < -0.39 is 21.2 Å². The lowest BCUT2D eigenvalue weighted by Crippen LogP contribution is -1.92. The van der Waals surface area contributed by atoms with Crippen LogP contribution in [-0.2, 0) is 10.8 Å². The maximum absolute atomic E-state index is 12.0. The van der Waals surface area contributed by atoms with E-state index in [0.29, 0.717) is 0 Å². The van der Waals surface area contributed by atoms with Gasteiger partial charge >= 0.3 is 0 Å². The highest BCUT2D eigenvalue weighted by atomic mass is 35.5. The van der Waals surface area contributed by atoms with Gasteiger partial charge < -0.3 is 0 Å². The zero-order valence-electron chi connectivity index (χ0n) is 4.66. The molecule has 0 saturated heterocycles. The molecule has 9 heavy (non-hydrogen) atoms. The van der Waals surface area contributed by atoms with E-state index in [2.05, 4.69) is 11.6 Å². The highest BCUT2D eigenvalue weighted by molar-refractivity contribution is 7.88. The van der Waals surface area contributed by atoms with Crippen LogP contribution in [0.15, 0.2) is 10.4 Å². The Kier molecular flexibility index (Phi) is 3.97. The van der Waals surface area contributed by atoms with Crippen molar-refractivity contribution in [3.63, 3.8) is 0 Å². The Morgan fingerprint density at radius 2 is 2.11 bits per heavy atom. The second-order valence-electron chi connectivity index (χ2n) is 1.17. The largest absolute Gasteiger partial charge is 0.252 e. The average Bonchev–Trinajstić information content (AvgIpc) is 1.84. The maximum atomic E-state index is 12.0. The minimum absolute atomic E-state index is 0.0337. The molecule has 0 aromatic rings. The number of hydrogen-bond acceptors (Lipinski definition) is 1. The summed E-state index contributed by atoms with van der Waals surface area (Å²) in [6.45, 7) is 1.47. The summed E-state index contributed by atoms with van der Waals surface area (Å²) in [5.41, 5.74) is 0. The Labute approximate surface area is 59.2 Å². The fourth-order valence-electron chi connectivity index (χ4n) is 0.213. The van der Waals surface area contributed by atoms with Gasteiger partial charge in [-0.05, 0) is 11.6 Å². The van der Waals surface area contributed by atoms with E-state index in [9.17, 15) is 13.0 Å². The lowest BCUT2D eigenvalue weighted by atomic mass is 11.0. The molecule has 0 saturated carbocycles. The van der Waals surface area contributed by atoms with Crippen LogP contribution in [0.3, 0.4) is 0 Å². The van der Waals surface area contributed by atoms with Crippen molar-refractivity contribution in [3.8, 4) is 0 Å². The van der Waals surface area contributed by atoms with Gasteiger partial charge in [-0.15, -0.1) is 0 Å². The van der Waals surface area contributed by atoms with Crippen LogP contribution in [0.25, 0.3) is 0 Å². The van der Waals surface area contributed by atoms with Gasteiger partial charge in [0.25, 0.3) is 0 Å². The SMILES string of the molecule is CCS(=O)/C(F)=C(\F)Cl. The van der Waals surface area contributed by atoms with Crippen molar-refractivity contribution in [2.24, 2.45) is 0 Å². The van der Waals surface area contributed by atoms with E-state index in [-0.39, 0.29) is 5.75 Å². The van der Waals surface area contributed by atoms with Crippen LogP contribution in [0.5, 0.6) is 0 Å². The molecule has 0 spiro atoms. The van der Waals surface area contributed by atoms with E-state index in [1.165, 1.54) is 6.92 Å². The van der Waals surface area contributed by atoms with E-state index >= 15 is 0 Å². The van der Waals surface area contributed by atoms with Gasteiger partial charge in [-0.2, -0.15) is 8.78 Å². The van der Waals surface area contributed by atoms with Crippen molar-refractivity contribution in [1.29, 1.82) is 0 Å². The van der Waals surface area contributed by atoms with Crippen LogP contribution in [0.2, 0.25) is 0 Å². The van der Waals surface area contributed by atoms with Crippen LogP contribution in [0.1, 0.15) is 6.92 Å². The standard InChI is InChI=1S/C4H5ClF2OS/c1-2-9(8)4(7)3(5)6/h2H2,1H3/b4-3-. The first-order valence-corrected chi connectivity index (χ1v) is 3.88. The van der Waals surface area contributed by atoms with Gasteiger partial charge in [0.1, 0.15) is 0 Å². The molecule has 5 heteroatoms. The van der Waals surface area contributed by atoms with E-state index in [1.807, 2.05) is 0 Å². The molecule has 1 unspecified atom stereocenters. The Bertz CT molecular complexity index is 153. The Hall–Kier alpha value is 0.0400. The molecule has 0 aromatic heterocycles. The predicted octanol–water partition coefficient (Wildman–Crippen LogP) is 2.06. The molecule has 1 atom stereocenters. The van der Waals surface area contributed by atoms with Gasteiger partial charge in [0, 0.05) is 5.75 Å². The molecule has 0 rings (SSSR count). The fraction of sp³-hybridized carbons (Fsp3) is 0.500. The van der Waals surface area contributed by atoms with Gasteiger partial charge in [0.05, 0.1) is 10.8 Å². The van der Waals surface area contributed by atoms with Crippen molar-refractivity contribution in [2.45, 2.75) is 6.92 Å². The first-order chi connectivity index (χ1) is 4.09. The second kappa shape index (κ2) is 3.95. The summed E-state index contributed by atoms with van der Waals surface area (Å²) >= 11 is 4.55. The van der Waals surface area contributed by atoms with Crippen molar-refractivity contribution < 1.29 is 13.0 Å². The second-order valence-corrected chi connectivity index (χ2v) is 3.13. The molecule has 0 aliphatic rings. The molecule has 0 bridgehead atoms. The summed E-state index contributed by atoms with van der Waals surface area (Å²) in [4.78, 5) is 0. The quantitative estimate of drug-likeness (QED) is 0.626. The predicted molar refractivity (Wildman–Crippen MR) is 33.8 cm³/mol. The molecule has 0 heterocycles. The first-order valence-electron chi connectivity index (χ1n) is 2.18. The monoisotopic (exact) mass is 174 g/mol. The molecule has 0 aliphatic heterocycles. The number of rotatable bonds is 2. The van der Waals surface area contributed by atoms with Gasteiger partial charge in [0.15, 0.2) is 0 Å². The van der Waals surface area contributed by atoms with Crippen molar-refractivity contribution >= 4 is 22.4 Å². The molecule has 0 amide bonds. The lowest BCUT2D eigenvalue weighted by Gasteiger charge is -1.90. The van der Waals surface area contributed by atoms with E-state index in [1.54, 1.807) is 0 Å². The third kappa shape index (κ3) is 2.91. The lowest BCUT2D eigenvalue weighted by molar-refractivity contribution is 0.598. The fourth-order valence-corrected chi connectivity index (χ4v) is 0.896. The molecule has 0 aliphatic carbocycles. The Morgan fingerprint density at radius 3 is 2.22 bits per heavy atom. The van der Waals surface area contributed by atoms with Gasteiger partial charge in [-0.25, -0.2) is 0 Å². The highest BCUT2D eigenvalue weighted by Crippen LogP contribution is 2.15. The summed E-state index contributed by atoms with van der Waals surface area (Å²) in [5, 5.41) is -2.89. The molecule has 1 nitrogen and oxygen atoms in total. The average molecular weight is 175 g/mol. The Balaban J connectivity index is 4.21. The van der Waals surface area contributed by atoms with Crippen LogP contribution in [0, 0.1) is 0 Å². The summed E-state index contributed by atoms with van der Waals surface area (Å²) in [5.74, 6) is 0.0337. The maximum Gasteiger partial charge on any atom is 0.234 e. The smallest absolute Gasteiger partial charge is 0.234 e. The molecule has 0 fully saturated rings. The van der Waals surface area contributed by atoms with E-state index in [0.717, 1.165) is 0 Å².